The molecule has 0 amide bonds. The maximum Gasteiger partial charge on any atom is 0.119 e. The Kier molecular flexibility index (Phi) is 2.78. The zero-order valence-electron chi connectivity index (χ0n) is 11.3. The van der Waals surface area contributed by atoms with Crippen LogP contribution in [0.25, 0.3) is 10.9 Å². The third-order valence-corrected chi connectivity index (χ3v) is 4.08. The number of rotatable bonds is 2. The van der Waals surface area contributed by atoms with Crippen molar-refractivity contribution in [3.05, 3.63) is 29.0 Å². The van der Waals surface area contributed by atoms with Gasteiger partial charge in [0.25, 0.3) is 0 Å². The van der Waals surface area contributed by atoms with Crippen molar-refractivity contribution in [2.45, 2.75) is 26.2 Å². The number of aromatic nitrogens is 1. The molecule has 96 valence electrons. The third kappa shape index (κ3) is 1.70. The fraction of sp³-hybridized carbons (Fsp3) is 0.467. The molecule has 2 aromatic rings. The van der Waals surface area contributed by atoms with Crippen LogP contribution >= 0.6 is 0 Å². The Labute approximate surface area is 108 Å². The summed E-state index contributed by atoms with van der Waals surface area (Å²) < 4.78 is 5.37. The molecule has 1 aliphatic rings. The molecule has 1 aliphatic heterocycles. The molecule has 18 heavy (non-hydrogen) atoms. The first-order chi connectivity index (χ1) is 8.70. The number of H-pyrrole nitrogens is 1. The number of aryl methyl sites for hydroxylation is 2. The molecule has 1 atom stereocenters. The monoisotopic (exact) mass is 244 g/mol. The minimum absolute atomic E-state index is 0.628. The predicted octanol–water partition coefficient (Wildman–Crippen LogP) is 2.87. The summed E-state index contributed by atoms with van der Waals surface area (Å²) >= 11 is 0. The molecule has 0 aliphatic carbocycles. The van der Waals surface area contributed by atoms with Gasteiger partial charge in [0, 0.05) is 29.1 Å². The number of methoxy groups -OCH3 is 1. The van der Waals surface area contributed by atoms with Crippen molar-refractivity contribution in [1.29, 1.82) is 0 Å². The SMILES string of the molecule is COc1cc(C)c2[nH]c(C3CCNC3)c(C)c2c1. The highest BCUT2D eigenvalue weighted by atomic mass is 16.5. The van der Waals surface area contributed by atoms with Gasteiger partial charge in [0.05, 0.1) is 7.11 Å². The molecule has 1 saturated heterocycles. The van der Waals surface area contributed by atoms with E-state index in [2.05, 4.69) is 36.3 Å². The van der Waals surface area contributed by atoms with Gasteiger partial charge in [0.15, 0.2) is 0 Å². The lowest BCUT2D eigenvalue weighted by Crippen LogP contribution is -2.08. The van der Waals surface area contributed by atoms with Gasteiger partial charge < -0.3 is 15.0 Å². The highest BCUT2D eigenvalue weighted by Crippen LogP contribution is 2.33. The summed E-state index contributed by atoms with van der Waals surface area (Å²) in [6.45, 7) is 6.56. The average molecular weight is 244 g/mol. The van der Waals surface area contributed by atoms with Gasteiger partial charge in [-0.1, -0.05) is 0 Å². The Hall–Kier alpha value is -1.48. The summed E-state index contributed by atoms with van der Waals surface area (Å²) in [5.74, 6) is 1.57. The van der Waals surface area contributed by atoms with Crippen molar-refractivity contribution >= 4 is 10.9 Å². The molecular weight excluding hydrogens is 224 g/mol. The second kappa shape index (κ2) is 4.32. The van der Waals surface area contributed by atoms with Crippen LogP contribution < -0.4 is 10.1 Å². The average Bonchev–Trinajstić information content (AvgIpc) is 2.98. The molecule has 3 nitrogen and oxygen atoms in total. The number of aromatic amines is 1. The molecule has 2 N–H and O–H groups in total. The lowest BCUT2D eigenvalue weighted by Gasteiger charge is -2.07. The second-order valence-corrected chi connectivity index (χ2v) is 5.22. The normalized spacial score (nSPS) is 19.6. The van der Waals surface area contributed by atoms with Crippen LogP contribution in [0.5, 0.6) is 5.75 Å². The van der Waals surface area contributed by atoms with Crippen LogP contribution in [-0.2, 0) is 0 Å². The molecular formula is C15H20N2O. The summed E-state index contributed by atoms with van der Waals surface area (Å²) in [6, 6.07) is 4.23. The van der Waals surface area contributed by atoms with Gasteiger partial charge in [-0.2, -0.15) is 0 Å². The van der Waals surface area contributed by atoms with E-state index in [4.69, 9.17) is 4.74 Å². The van der Waals surface area contributed by atoms with E-state index >= 15 is 0 Å². The maximum atomic E-state index is 5.37. The van der Waals surface area contributed by atoms with E-state index < -0.39 is 0 Å². The quantitative estimate of drug-likeness (QED) is 0.852. The molecule has 1 unspecified atom stereocenters. The van der Waals surface area contributed by atoms with Gasteiger partial charge in [-0.3, -0.25) is 0 Å². The van der Waals surface area contributed by atoms with Crippen LogP contribution in [0.3, 0.4) is 0 Å². The number of hydrogen-bond acceptors (Lipinski definition) is 2. The minimum atomic E-state index is 0.628. The zero-order chi connectivity index (χ0) is 12.7. The first-order valence-electron chi connectivity index (χ1n) is 6.58. The Morgan fingerprint density at radius 2 is 2.11 bits per heavy atom. The fourth-order valence-corrected chi connectivity index (χ4v) is 3.02. The number of hydrogen-bond donors (Lipinski definition) is 2. The number of ether oxygens (including phenoxy) is 1. The Morgan fingerprint density at radius 1 is 1.28 bits per heavy atom. The van der Waals surface area contributed by atoms with E-state index in [1.54, 1.807) is 7.11 Å². The van der Waals surface area contributed by atoms with Crippen LogP contribution in [-0.4, -0.2) is 25.2 Å². The van der Waals surface area contributed by atoms with Gasteiger partial charge in [0.1, 0.15) is 5.75 Å². The van der Waals surface area contributed by atoms with Crippen molar-refractivity contribution in [3.63, 3.8) is 0 Å². The van der Waals surface area contributed by atoms with E-state index in [1.807, 2.05) is 0 Å². The molecule has 1 aromatic heterocycles. The number of fused-ring (bicyclic) bond motifs is 1. The highest BCUT2D eigenvalue weighted by molar-refractivity contribution is 5.88. The molecule has 1 fully saturated rings. The van der Waals surface area contributed by atoms with Gasteiger partial charge in [0.2, 0.25) is 0 Å². The van der Waals surface area contributed by atoms with E-state index in [0.717, 1.165) is 18.8 Å². The Balaban J connectivity index is 2.17. The molecule has 0 spiro atoms. The van der Waals surface area contributed by atoms with Gasteiger partial charge in [-0.15, -0.1) is 0 Å². The van der Waals surface area contributed by atoms with Crippen LogP contribution in [0.1, 0.15) is 29.2 Å². The number of nitrogens with one attached hydrogen (secondary N) is 2. The van der Waals surface area contributed by atoms with E-state index in [-0.39, 0.29) is 0 Å². The summed E-state index contributed by atoms with van der Waals surface area (Å²) in [4.78, 5) is 3.63. The van der Waals surface area contributed by atoms with E-state index in [1.165, 1.54) is 34.1 Å². The lowest BCUT2D eigenvalue weighted by molar-refractivity contribution is 0.415. The smallest absolute Gasteiger partial charge is 0.119 e. The third-order valence-electron chi connectivity index (χ3n) is 4.08. The second-order valence-electron chi connectivity index (χ2n) is 5.22. The molecule has 3 heteroatoms. The highest BCUT2D eigenvalue weighted by Gasteiger charge is 2.22. The topological polar surface area (TPSA) is 37.0 Å². The van der Waals surface area contributed by atoms with Gasteiger partial charge in [-0.05, 0) is 50.1 Å². The summed E-state index contributed by atoms with van der Waals surface area (Å²) in [6.07, 6.45) is 1.23. The summed E-state index contributed by atoms with van der Waals surface area (Å²) in [5.41, 5.74) is 5.28. The van der Waals surface area contributed by atoms with Crippen LogP contribution in [0, 0.1) is 13.8 Å². The Morgan fingerprint density at radius 3 is 2.78 bits per heavy atom. The summed E-state index contributed by atoms with van der Waals surface area (Å²) in [5, 5.41) is 4.73. The molecule has 0 saturated carbocycles. The predicted molar refractivity (Wildman–Crippen MR) is 74.6 cm³/mol. The van der Waals surface area contributed by atoms with Gasteiger partial charge in [-0.25, -0.2) is 0 Å². The van der Waals surface area contributed by atoms with E-state index in [9.17, 15) is 0 Å². The Bertz CT molecular complexity index is 580. The standard InChI is InChI=1S/C15H20N2O/c1-9-6-12(18-3)7-13-10(2)15(17-14(9)13)11-4-5-16-8-11/h6-7,11,16-17H,4-5,8H2,1-3H3. The van der Waals surface area contributed by atoms with Crippen molar-refractivity contribution in [2.75, 3.05) is 20.2 Å². The molecule has 1 aromatic carbocycles. The summed E-state index contributed by atoms with van der Waals surface area (Å²) in [7, 11) is 1.73. The molecule has 3 rings (SSSR count). The van der Waals surface area contributed by atoms with Crippen molar-refractivity contribution in [1.82, 2.24) is 10.3 Å². The zero-order valence-corrected chi connectivity index (χ0v) is 11.3. The van der Waals surface area contributed by atoms with E-state index in [0.29, 0.717) is 5.92 Å². The minimum Gasteiger partial charge on any atom is -0.497 e. The molecule has 0 bridgehead atoms. The first-order valence-corrected chi connectivity index (χ1v) is 6.58. The molecule has 2 heterocycles. The molecule has 0 radical (unpaired) electrons. The first kappa shape index (κ1) is 11.6. The van der Waals surface area contributed by atoms with Crippen LogP contribution in [0.2, 0.25) is 0 Å². The van der Waals surface area contributed by atoms with Crippen molar-refractivity contribution in [2.24, 2.45) is 0 Å². The van der Waals surface area contributed by atoms with Crippen LogP contribution in [0.4, 0.5) is 0 Å². The largest absolute Gasteiger partial charge is 0.497 e. The van der Waals surface area contributed by atoms with Crippen molar-refractivity contribution in [3.8, 4) is 5.75 Å². The maximum absolute atomic E-state index is 5.37. The number of benzene rings is 1. The van der Waals surface area contributed by atoms with Crippen LogP contribution in [0.15, 0.2) is 12.1 Å². The fourth-order valence-electron chi connectivity index (χ4n) is 3.02. The van der Waals surface area contributed by atoms with Gasteiger partial charge >= 0.3 is 0 Å². The lowest BCUT2D eigenvalue weighted by atomic mass is 10.00. The van der Waals surface area contributed by atoms with Crippen molar-refractivity contribution < 1.29 is 4.74 Å².